The van der Waals surface area contributed by atoms with Crippen LogP contribution in [0, 0.1) is 0 Å². The number of rotatable bonds is 5. The van der Waals surface area contributed by atoms with Crippen molar-refractivity contribution in [2.75, 3.05) is 32.7 Å². The zero-order chi connectivity index (χ0) is 9.52. The first kappa shape index (κ1) is 10.7. The van der Waals surface area contributed by atoms with Crippen molar-refractivity contribution in [3.63, 3.8) is 0 Å². The second kappa shape index (κ2) is 6.11. The molecule has 3 heteroatoms. The summed E-state index contributed by atoms with van der Waals surface area (Å²) in [5.41, 5.74) is 0. The minimum absolute atomic E-state index is 0.406. The van der Waals surface area contributed by atoms with Crippen LogP contribution < -0.4 is 5.32 Å². The number of unbranched alkanes of at least 4 members (excludes halogenated alkanes) is 1. The highest BCUT2D eigenvalue weighted by molar-refractivity contribution is 5.80. The van der Waals surface area contributed by atoms with Gasteiger partial charge in [-0.2, -0.15) is 0 Å². The topological polar surface area (TPSA) is 32.3 Å². The zero-order valence-electron chi connectivity index (χ0n) is 8.51. The van der Waals surface area contributed by atoms with Gasteiger partial charge in [-0.15, -0.1) is 0 Å². The maximum atomic E-state index is 11.4. The lowest BCUT2D eigenvalue weighted by Crippen LogP contribution is -2.45. The van der Waals surface area contributed by atoms with Gasteiger partial charge in [0.15, 0.2) is 0 Å². The average Bonchev–Trinajstić information content (AvgIpc) is 2.16. The van der Waals surface area contributed by atoms with Crippen molar-refractivity contribution in [3.05, 3.63) is 0 Å². The van der Waals surface area contributed by atoms with Gasteiger partial charge in [0.25, 0.3) is 0 Å². The molecule has 0 spiro atoms. The first-order valence-corrected chi connectivity index (χ1v) is 5.27. The summed E-state index contributed by atoms with van der Waals surface area (Å²) in [5.74, 6) is 0.406. The Kier molecular flexibility index (Phi) is 5.01. The fraction of sp³-hybridized carbons (Fsp3) is 0.900. The van der Waals surface area contributed by atoms with Gasteiger partial charge >= 0.3 is 0 Å². The summed E-state index contributed by atoms with van der Waals surface area (Å²) < 4.78 is 0. The number of Topliss-reactive ketones (excluding diaryl/α,β-unsaturated/α-hetero) is 1. The Labute approximate surface area is 80.5 Å². The lowest BCUT2D eigenvalue weighted by atomic mass is 10.2. The number of carbonyl (C=O) groups is 1. The van der Waals surface area contributed by atoms with Gasteiger partial charge in [-0.25, -0.2) is 0 Å². The first-order chi connectivity index (χ1) is 6.33. The Balaban J connectivity index is 2.11. The third-order valence-corrected chi connectivity index (χ3v) is 2.42. The van der Waals surface area contributed by atoms with Crippen LogP contribution in [0.15, 0.2) is 0 Å². The zero-order valence-corrected chi connectivity index (χ0v) is 8.51. The Bertz CT molecular complexity index is 153. The van der Waals surface area contributed by atoms with E-state index in [0.29, 0.717) is 12.3 Å². The Hall–Kier alpha value is -0.410. The van der Waals surface area contributed by atoms with Gasteiger partial charge in [-0.1, -0.05) is 13.3 Å². The molecule has 1 heterocycles. The normalized spacial score (nSPS) is 18.8. The van der Waals surface area contributed by atoms with Gasteiger partial charge in [-0.3, -0.25) is 9.69 Å². The molecule has 1 fully saturated rings. The van der Waals surface area contributed by atoms with Gasteiger partial charge in [0.1, 0.15) is 5.78 Å². The Morgan fingerprint density at radius 1 is 1.38 bits per heavy atom. The molecular weight excluding hydrogens is 164 g/mol. The summed E-state index contributed by atoms with van der Waals surface area (Å²) in [6.07, 6.45) is 2.93. The number of nitrogens with one attached hydrogen (secondary N) is 1. The third-order valence-electron chi connectivity index (χ3n) is 2.42. The van der Waals surface area contributed by atoms with Crippen LogP contribution in [0.1, 0.15) is 26.2 Å². The van der Waals surface area contributed by atoms with E-state index in [1.807, 2.05) is 0 Å². The van der Waals surface area contributed by atoms with E-state index >= 15 is 0 Å². The van der Waals surface area contributed by atoms with Crippen LogP contribution in [0.4, 0.5) is 0 Å². The number of carbonyl (C=O) groups excluding carboxylic acids is 1. The molecule has 0 amide bonds. The Morgan fingerprint density at radius 2 is 2.08 bits per heavy atom. The van der Waals surface area contributed by atoms with Crippen molar-refractivity contribution in [2.45, 2.75) is 26.2 Å². The van der Waals surface area contributed by atoms with Crippen LogP contribution in [0.3, 0.4) is 0 Å². The fourth-order valence-corrected chi connectivity index (χ4v) is 1.57. The highest BCUT2D eigenvalue weighted by Crippen LogP contribution is 1.98. The van der Waals surface area contributed by atoms with Crippen molar-refractivity contribution in [3.8, 4) is 0 Å². The van der Waals surface area contributed by atoms with Gasteiger partial charge in [0, 0.05) is 32.6 Å². The number of hydrogen-bond donors (Lipinski definition) is 1. The predicted octanol–water partition coefficient (Wildman–Crippen LogP) is 0.651. The number of hydrogen-bond acceptors (Lipinski definition) is 3. The minimum Gasteiger partial charge on any atom is -0.314 e. The largest absolute Gasteiger partial charge is 0.314 e. The van der Waals surface area contributed by atoms with Crippen LogP contribution >= 0.6 is 0 Å². The smallest absolute Gasteiger partial charge is 0.146 e. The molecule has 1 aliphatic heterocycles. The van der Waals surface area contributed by atoms with Crippen LogP contribution in [0.5, 0.6) is 0 Å². The second-order valence-electron chi connectivity index (χ2n) is 3.67. The molecule has 0 aliphatic carbocycles. The first-order valence-electron chi connectivity index (χ1n) is 5.27. The minimum atomic E-state index is 0.406. The third kappa shape index (κ3) is 4.39. The molecule has 1 saturated heterocycles. The molecule has 0 atom stereocenters. The van der Waals surface area contributed by atoms with E-state index in [-0.39, 0.29) is 0 Å². The van der Waals surface area contributed by atoms with E-state index in [4.69, 9.17) is 0 Å². The molecule has 1 rings (SSSR count). The molecule has 0 bridgehead atoms. The molecule has 3 nitrogen and oxygen atoms in total. The predicted molar refractivity (Wildman–Crippen MR) is 53.8 cm³/mol. The van der Waals surface area contributed by atoms with Gasteiger partial charge < -0.3 is 5.32 Å². The number of ketones is 1. The molecule has 0 aromatic rings. The molecule has 0 aromatic heterocycles. The standard InChI is InChI=1S/C10H20N2O/c1-2-3-4-10(13)9-12-7-5-11-6-8-12/h11H,2-9H2,1H3. The maximum Gasteiger partial charge on any atom is 0.146 e. The second-order valence-corrected chi connectivity index (χ2v) is 3.67. The van der Waals surface area contributed by atoms with Crippen molar-refractivity contribution in [2.24, 2.45) is 0 Å². The molecule has 1 aliphatic rings. The van der Waals surface area contributed by atoms with E-state index in [0.717, 1.165) is 45.4 Å². The van der Waals surface area contributed by atoms with Crippen molar-refractivity contribution in [1.82, 2.24) is 10.2 Å². The molecule has 1 N–H and O–H groups in total. The quantitative estimate of drug-likeness (QED) is 0.681. The highest BCUT2D eigenvalue weighted by Gasteiger charge is 2.12. The number of nitrogens with zero attached hydrogens (tertiary/aromatic N) is 1. The monoisotopic (exact) mass is 184 g/mol. The molecule has 13 heavy (non-hydrogen) atoms. The van der Waals surface area contributed by atoms with Crippen LogP contribution in [0.2, 0.25) is 0 Å². The van der Waals surface area contributed by atoms with Crippen molar-refractivity contribution in [1.29, 1.82) is 0 Å². The molecule has 0 unspecified atom stereocenters. The van der Waals surface area contributed by atoms with E-state index in [1.54, 1.807) is 0 Å². The molecular formula is C10H20N2O. The number of piperazine rings is 1. The summed E-state index contributed by atoms with van der Waals surface area (Å²) >= 11 is 0. The Morgan fingerprint density at radius 3 is 2.69 bits per heavy atom. The van der Waals surface area contributed by atoms with E-state index < -0.39 is 0 Å². The summed E-state index contributed by atoms with van der Waals surface area (Å²) in [7, 11) is 0. The van der Waals surface area contributed by atoms with Crippen molar-refractivity contribution < 1.29 is 4.79 Å². The fourth-order valence-electron chi connectivity index (χ4n) is 1.57. The van der Waals surface area contributed by atoms with Crippen LogP contribution in [-0.4, -0.2) is 43.4 Å². The SMILES string of the molecule is CCCCC(=O)CN1CCNCC1. The van der Waals surface area contributed by atoms with E-state index in [2.05, 4.69) is 17.1 Å². The van der Waals surface area contributed by atoms with Gasteiger partial charge in [0.2, 0.25) is 0 Å². The lowest BCUT2D eigenvalue weighted by Gasteiger charge is -2.26. The molecule has 0 aromatic carbocycles. The van der Waals surface area contributed by atoms with Gasteiger partial charge in [-0.05, 0) is 6.42 Å². The van der Waals surface area contributed by atoms with Crippen LogP contribution in [0.25, 0.3) is 0 Å². The summed E-state index contributed by atoms with van der Waals surface area (Å²) in [6, 6.07) is 0. The summed E-state index contributed by atoms with van der Waals surface area (Å²) in [5, 5.41) is 3.28. The van der Waals surface area contributed by atoms with Gasteiger partial charge in [0.05, 0.1) is 6.54 Å². The summed E-state index contributed by atoms with van der Waals surface area (Å²) in [4.78, 5) is 13.7. The van der Waals surface area contributed by atoms with E-state index in [9.17, 15) is 4.79 Å². The average molecular weight is 184 g/mol. The molecule has 76 valence electrons. The molecule has 0 radical (unpaired) electrons. The van der Waals surface area contributed by atoms with Crippen molar-refractivity contribution >= 4 is 5.78 Å². The molecule has 0 saturated carbocycles. The lowest BCUT2D eigenvalue weighted by molar-refractivity contribution is -0.120. The summed E-state index contributed by atoms with van der Waals surface area (Å²) in [6.45, 7) is 6.90. The van der Waals surface area contributed by atoms with E-state index in [1.165, 1.54) is 0 Å². The maximum absolute atomic E-state index is 11.4. The highest BCUT2D eigenvalue weighted by atomic mass is 16.1. The van der Waals surface area contributed by atoms with Crippen LogP contribution in [-0.2, 0) is 4.79 Å².